The van der Waals surface area contributed by atoms with Gasteiger partial charge in [-0.25, -0.2) is 13.8 Å². The number of hydrogen-bond acceptors (Lipinski definition) is 4. The van der Waals surface area contributed by atoms with Gasteiger partial charge in [-0.1, -0.05) is 18.2 Å². The molecule has 0 aliphatic heterocycles. The Hall–Kier alpha value is -2.67. The van der Waals surface area contributed by atoms with E-state index in [4.69, 9.17) is 4.42 Å². The molecule has 134 valence electrons. The zero-order chi connectivity index (χ0) is 18.5. The van der Waals surface area contributed by atoms with E-state index in [0.717, 1.165) is 0 Å². The first-order valence-corrected chi connectivity index (χ1v) is 9.03. The Labute approximate surface area is 153 Å². The van der Waals surface area contributed by atoms with Crippen molar-refractivity contribution in [2.45, 2.75) is 12.7 Å². The van der Waals surface area contributed by atoms with Gasteiger partial charge in [0.25, 0.3) is 0 Å². The molecule has 0 fully saturated rings. The highest BCUT2D eigenvalue weighted by Crippen LogP contribution is 2.25. The van der Waals surface area contributed by atoms with Crippen molar-refractivity contribution < 1.29 is 18.0 Å². The van der Waals surface area contributed by atoms with Crippen molar-refractivity contribution in [3.8, 4) is 11.5 Å². The van der Waals surface area contributed by atoms with E-state index in [9.17, 15) is 13.6 Å². The molecule has 2 aromatic carbocycles. The van der Waals surface area contributed by atoms with Gasteiger partial charge < -0.3 is 9.73 Å². The molecule has 1 amide bonds. The minimum Gasteiger partial charge on any atom is -0.441 e. The number of thioether (sulfide) groups is 1. The molecule has 3 rings (SSSR count). The molecule has 0 aliphatic carbocycles. The molecule has 0 saturated carbocycles. The van der Waals surface area contributed by atoms with Gasteiger partial charge >= 0.3 is 0 Å². The summed E-state index contributed by atoms with van der Waals surface area (Å²) >= 11 is 1.33. The molecular weight excluding hydrogens is 358 g/mol. The van der Waals surface area contributed by atoms with Gasteiger partial charge in [0, 0.05) is 11.3 Å². The van der Waals surface area contributed by atoms with E-state index in [1.807, 2.05) is 0 Å². The number of aryl methyl sites for hydroxylation is 1. The Morgan fingerprint density at radius 3 is 2.77 bits per heavy atom. The first-order valence-electron chi connectivity index (χ1n) is 7.87. The van der Waals surface area contributed by atoms with Gasteiger partial charge in [0.1, 0.15) is 17.4 Å². The molecule has 0 saturated heterocycles. The number of benzene rings is 2. The van der Waals surface area contributed by atoms with Gasteiger partial charge in [-0.3, -0.25) is 4.79 Å². The summed E-state index contributed by atoms with van der Waals surface area (Å²) in [5, 5.41) is 2.53. The van der Waals surface area contributed by atoms with Crippen molar-refractivity contribution in [2.75, 3.05) is 11.1 Å². The van der Waals surface area contributed by atoms with Crippen LogP contribution < -0.4 is 5.32 Å². The molecule has 7 heteroatoms. The molecule has 0 bridgehead atoms. The number of amides is 1. The smallest absolute Gasteiger partial charge is 0.234 e. The quantitative estimate of drug-likeness (QED) is 0.673. The lowest BCUT2D eigenvalue weighted by Gasteiger charge is -2.05. The van der Waals surface area contributed by atoms with E-state index in [0.29, 0.717) is 28.7 Å². The summed E-state index contributed by atoms with van der Waals surface area (Å²) in [4.78, 5) is 16.3. The Bertz CT molecular complexity index is 927. The molecular formula is C19H16F2N2O2S. The summed E-state index contributed by atoms with van der Waals surface area (Å²) in [5.74, 6) is 0.425. The summed E-state index contributed by atoms with van der Waals surface area (Å²) in [7, 11) is 0. The topological polar surface area (TPSA) is 55.1 Å². The predicted octanol–water partition coefficient (Wildman–Crippen LogP) is 4.80. The van der Waals surface area contributed by atoms with Crippen LogP contribution in [0, 0.1) is 18.6 Å². The predicted molar refractivity (Wildman–Crippen MR) is 97.8 cm³/mol. The largest absolute Gasteiger partial charge is 0.441 e. The molecule has 0 aliphatic rings. The minimum atomic E-state index is -0.474. The summed E-state index contributed by atoms with van der Waals surface area (Å²) in [6, 6.07) is 12.0. The van der Waals surface area contributed by atoms with Crippen molar-refractivity contribution in [1.82, 2.24) is 4.98 Å². The number of carbonyl (C=O) groups excluding carboxylic acids is 1. The van der Waals surface area contributed by atoms with E-state index >= 15 is 0 Å². The monoisotopic (exact) mass is 374 g/mol. The molecule has 1 heterocycles. The van der Waals surface area contributed by atoms with Gasteiger partial charge in [0.15, 0.2) is 0 Å². The fourth-order valence-electron chi connectivity index (χ4n) is 2.30. The number of oxazole rings is 1. The average Bonchev–Trinajstić information content (AvgIpc) is 2.98. The molecule has 26 heavy (non-hydrogen) atoms. The summed E-state index contributed by atoms with van der Waals surface area (Å²) in [6.45, 7) is 1.77. The number of nitrogens with zero attached hydrogens (tertiary/aromatic N) is 1. The normalized spacial score (nSPS) is 10.7. The molecule has 1 aromatic heterocycles. The second-order valence-electron chi connectivity index (χ2n) is 5.55. The van der Waals surface area contributed by atoms with Crippen LogP contribution >= 0.6 is 11.8 Å². The van der Waals surface area contributed by atoms with Crippen molar-refractivity contribution >= 4 is 23.4 Å². The number of anilines is 1. The van der Waals surface area contributed by atoms with Crippen LogP contribution in [-0.4, -0.2) is 16.6 Å². The lowest BCUT2D eigenvalue weighted by molar-refractivity contribution is -0.113. The number of hydrogen-bond donors (Lipinski definition) is 1. The maximum absolute atomic E-state index is 13.5. The summed E-state index contributed by atoms with van der Waals surface area (Å²) < 4.78 is 32.4. The van der Waals surface area contributed by atoms with E-state index in [2.05, 4.69) is 10.3 Å². The van der Waals surface area contributed by atoms with Gasteiger partial charge in [0.05, 0.1) is 17.1 Å². The lowest BCUT2D eigenvalue weighted by atomic mass is 10.2. The molecule has 0 atom stereocenters. The molecule has 1 N–H and O–H groups in total. The number of rotatable bonds is 6. The van der Waals surface area contributed by atoms with Crippen molar-refractivity contribution in [3.63, 3.8) is 0 Å². The fraction of sp³-hybridized carbons (Fsp3) is 0.158. The number of para-hydroxylation sites is 1. The maximum Gasteiger partial charge on any atom is 0.234 e. The van der Waals surface area contributed by atoms with E-state index in [1.54, 1.807) is 31.2 Å². The zero-order valence-electron chi connectivity index (χ0n) is 14.0. The average molecular weight is 374 g/mol. The molecule has 0 radical (unpaired) electrons. The third-order valence-electron chi connectivity index (χ3n) is 3.58. The maximum atomic E-state index is 13.5. The highest BCUT2D eigenvalue weighted by molar-refractivity contribution is 7.99. The van der Waals surface area contributed by atoms with Crippen LogP contribution in [0.2, 0.25) is 0 Å². The molecule has 4 nitrogen and oxygen atoms in total. The summed E-state index contributed by atoms with van der Waals surface area (Å²) in [5.41, 5.74) is 1.40. The standard InChI is InChI=1S/C19H16F2N2O2S/c1-12-17(23-19(25-12)13-5-4-6-14(20)9-13)10-26-11-18(24)22-16-8-3-2-7-15(16)21/h2-9H,10-11H2,1H3,(H,22,24). The Morgan fingerprint density at radius 1 is 1.19 bits per heavy atom. The van der Waals surface area contributed by atoms with Gasteiger partial charge in [-0.15, -0.1) is 11.8 Å². The molecule has 0 unspecified atom stereocenters. The number of carbonyl (C=O) groups is 1. The minimum absolute atomic E-state index is 0.149. The highest BCUT2D eigenvalue weighted by atomic mass is 32.2. The van der Waals surface area contributed by atoms with E-state index in [1.165, 1.54) is 36.0 Å². The third-order valence-corrected chi connectivity index (χ3v) is 4.53. The second-order valence-corrected chi connectivity index (χ2v) is 6.54. The first kappa shape index (κ1) is 18.1. The Balaban J connectivity index is 1.57. The number of halogens is 2. The van der Waals surface area contributed by atoms with Crippen molar-refractivity contribution in [1.29, 1.82) is 0 Å². The van der Waals surface area contributed by atoms with Crippen LogP contribution in [0.25, 0.3) is 11.5 Å². The second kappa shape index (κ2) is 8.14. The molecule has 0 spiro atoms. The highest BCUT2D eigenvalue weighted by Gasteiger charge is 2.13. The van der Waals surface area contributed by atoms with Crippen molar-refractivity contribution in [2.24, 2.45) is 0 Å². The van der Waals surface area contributed by atoms with E-state index in [-0.39, 0.29) is 23.2 Å². The SMILES string of the molecule is Cc1oc(-c2cccc(F)c2)nc1CSCC(=O)Nc1ccccc1F. The van der Waals surface area contributed by atoms with Gasteiger partial charge in [0.2, 0.25) is 11.8 Å². The lowest BCUT2D eigenvalue weighted by Crippen LogP contribution is -2.15. The zero-order valence-corrected chi connectivity index (χ0v) is 14.8. The van der Waals surface area contributed by atoms with Crippen LogP contribution in [-0.2, 0) is 10.5 Å². The van der Waals surface area contributed by atoms with Gasteiger partial charge in [-0.05, 0) is 37.3 Å². The number of aromatic nitrogens is 1. The van der Waals surface area contributed by atoms with Crippen LogP contribution in [0.3, 0.4) is 0 Å². The van der Waals surface area contributed by atoms with Gasteiger partial charge in [-0.2, -0.15) is 0 Å². The third kappa shape index (κ3) is 4.49. The Morgan fingerprint density at radius 2 is 2.00 bits per heavy atom. The summed E-state index contributed by atoms with van der Waals surface area (Å²) in [6.07, 6.45) is 0. The number of nitrogens with one attached hydrogen (secondary N) is 1. The van der Waals surface area contributed by atoms with Crippen molar-refractivity contribution in [3.05, 3.63) is 71.6 Å². The van der Waals surface area contributed by atoms with Crippen LogP contribution in [0.15, 0.2) is 52.9 Å². The molecule has 3 aromatic rings. The van der Waals surface area contributed by atoms with E-state index < -0.39 is 5.82 Å². The fourth-order valence-corrected chi connectivity index (χ4v) is 3.12. The van der Waals surface area contributed by atoms with Crippen LogP contribution in [0.5, 0.6) is 0 Å². The van der Waals surface area contributed by atoms with Crippen LogP contribution in [0.1, 0.15) is 11.5 Å². The van der Waals surface area contributed by atoms with Crippen LogP contribution in [0.4, 0.5) is 14.5 Å². The Kier molecular flexibility index (Phi) is 5.68. The first-order chi connectivity index (χ1) is 12.5.